The van der Waals surface area contributed by atoms with Crippen LogP contribution < -0.4 is 4.74 Å². The van der Waals surface area contributed by atoms with Crippen molar-refractivity contribution >= 4 is 34.2 Å². The molecule has 7 heteroatoms. The van der Waals surface area contributed by atoms with Crippen LogP contribution in [0.25, 0.3) is 0 Å². The molecular formula is C14H10INO5. The Morgan fingerprint density at radius 2 is 1.86 bits per heavy atom. The first-order chi connectivity index (χ1) is 10.0. The Morgan fingerprint density at radius 1 is 1.19 bits per heavy atom. The lowest BCUT2D eigenvalue weighted by Crippen LogP contribution is -2.00. The summed E-state index contributed by atoms with van der Waals surface area (Å²) < 4.78 is 10.8. The molecule has 0 unspecified atom stereocenters. The zero-order valence-electron chi connectivity index (χ0n) is 10.9. The molecule has 0 aromatic heterocycles. The van der Waals surface area contributed by atoms with Gasteiger partial charge in [0, 0.05) is 9.64 Å². The van der Waals surface area contributed by atoms with Gasteiger partial charge < -0.3 is 9.47 Å². The summed E-state index contributed by atoms with van der Waals surface area (Å²) in [6, 6.07) is 10.8. The normalized spacial score (nSPS) is 10.0. The predicted octanol–water partition coefficient (Wildman–Crippen LogP) is 3.78. The van der Waals surface area contributed by atoms with E-state index in [1.165, 1.54) is 31.4 Å². The van der Waals surface area contributed by atoms with Gasteiger partial charge in [0.25, 0.3) is 0 Å². The van der Waals surface area contributed by atoms with E-state index in [0.717, 1.165) is 3.57 Å². The van der Waals surface area contributed by atoms with Gasteiger partial charge in [-0.25, -0.2) is 4.79 Å². The second-order valence-corrected chi connectivity index (χ2v) is 5.23. The molecule has 108 valence electrons. The minimum atomic E-state index is -0.500. The lowest BCUT2D eigenvalue weighted by atomic mass is 10.2. The van der Waals surface area contributed by atoms with E-state index < -0.39 is 10.9 Å². The minimum Gasteiger partial charge on any atom is -0.465 e. The van der Waals surface area contributed by atoms with Gasteiger partial charge >= 0.3 is 11.7 Å². The van der Waals surface area contributed by atoms with E-state index in [2.05, 4.69) is 4.74 Å². The van der Waals surface area contributed by atoms with Crippen molar-refractivity contribution in [2.45, 2.75) is 0 Å². The zero-order chi connectivity index (χ0) is 15.4. The van der Waals surface area contributed by atoms with E-state index in [1.807, 2.05) is 22.6 Å². The average Bonchev–Trinajstić information content (AvgIpc) is 2.49. The number of ether oxygens (including phenoxy) is 2. The van der Waals surface area contributed by atoms with Crippen LogP contribution in [0.4, 0.5) is 5.69 Å². The number of hydrogen-bond acceptors (Lipinski definition) is 5. The molecule has 0 spiro atoms. The topological polar surface area (TPSA) is 78.7 Å². The third-order valence-corrected chi connectivity index (χ3v) is 3.29. The highest BCUT2D eigenvalue weighted by atomic mass is 127. The van der Waals surface area contributed by atoms with E-state index >= 15 is 0 Å². The number of esters is 1. The van der Waals surface area contributed by atoms with Gasteiger partial charge in [-0.2, -0.15) is 0 Å². The lowest BCUT2D eigenvalue weighted by molar-refractivity contribution is -0.385. The second kappa shape index (κ2) is 6.53. The van der Waals surface area contributed by atoms with Crippen molar-refractivity contribution in [1.82, 2.24) is 0 Å². The molecule has 0 saturated heterocycles. The van der Waals surface area contributed by atoms with Crippen LogP contribution in [-0.2, 0) is 4.74 Å². The van der Waals surface area contributed by atoms with Gasteiger partial charge in [-0.1, -0.05) is 0 Å². The molecule has 2 aromatic rings. The molecule has 2 aromatic carbocycles. The van der Waals surface area contributed by atoms with Crippen molar-refractivity contribution in [1.29, 1.82) is 0 Å². The van der Waals surface area contributed by atoms with Crippen molar-refractivity contribution in [2.75, 3.05) is 7.11 Å². The number of benzene rings is 2. The molecule has 6 nitrogen and oxygen atoms in total. The molecule has 0 N–H and O–H groups in total. The van der Waals surface area contributed by atoms with Gasteiger partial charge in [0.1, 0.15) is 5.75 Å². The number of nitrogens with zero attached hydrogens (tertiary/aromatic N) is 1. The van der Waals surface area contributed by atoms with Gasteiger partial charge in [-0.15, -0.1) is 0 Å². The molecule has 21 heavy (non-hydrogen) atoms. The van der Waals surface area contributed by atoms with E-state index in [9.17, 15) is 14.9 Å². The number of carbonyl (C=O) groups is 1. The van der Waals surface area contributed by atoms with Gasteiger partial charge in [-0.05, 0) is 59.0 Å². The van der Waals surface area contributed by atoms with E-state index in [0.29, 0.717) is 11.3 Å². The van der Waals surface area contributed by atoms with Crippen LogP contribution in [0.5, 0.6) is 11.5 Å². The SMILES string of the molecule is COC(=O)c1ccc(Oc2ccc(I)cc2[N+](=O)[O-])cc1. The number of hydrogen-bond donors (Lipinski definition) is 0. The first kappa shape index (κ1) is 15.2. The fourth-order valence-electron chi connectivity index (χ4n) is 1.62. The molecule has 0 aliphatic carbocycles. The van der Waals surface area contributed by atoms with Crippen molar-refractivity contribution < 1.29 is 19.2 Å². The summed E-state index contributed by atoms with van der Waals surface area (Å²) in [5, 5.41) is 11.0. The summed E-state index contributed by atoms with van der Waals surface area (Å²) in [6.07, 6.45) is 0. The second-order valence-electron chi connectivity index (χ2n) is 3.99. The third kappa shape index (κ3) is 3.69. The summed E-state index contributed by atoms with van der Waals surface area (Å²) in [7, 11) is 1.29. The lowest BCUT2D eigenvalue weighted by Gasteiger charge is -2.07. The Bertz CT molecular complexity index is 684. The average molecular weight is 399 g/mol. The molecule has 0 amide bonds. The van der Waals surface area contributed by atoms with Crippen molar-refractivity contribution in [3.63, 3.8) is 0 Å². The molecule has 0 saturated carbocycles. The van der Waals surface area contributed by atoms with Crippen LogP contribution in [0.3, 0.4) is 0 Å². The Morgan fingerprint density at radius 3 is 2.43 bits per heavy atom. The number of halogens is 1. The first-order valence-corrected chi connectivity index (χ1v) is 6.89. The van der Waals surface area contributed by atoms with Crippen LogP contribution in [-0.4, -0.2) is 18.0 Å². The van der Waals surface area contributed by atoms with Crippen LogP contribution in [0.1, 0.15) is 10.4 Å². The standard InChI is InChI=1S/C14H10INO5/c1-20-14(17)9-2-5-11(6-3-9)21-13-7-4-10(15)8-12(13)16(18)19/h2-8H,1H3. The molecular weight excluding hydrogens is 389 g/mol. The highest BCUT2D eigenvalue weighted by Crippen LogP contribution is 2.32. The van der Waals surface area contributed by atoms with E-state index in [-0.39, 0.29) is 11.4 Å². The fraction of sp³-hybridized carbons (Fsp3) is 0.0714. The molecule has 2 rings (SSSR count). The van der Waals surface area contributed by atoms with E-state index in [1.54, 1.807) is 18.2 Å². The van der Waals surface area contributed by atoms with Crippen LogP contribution in [0, 0.1) is 13.7 Å². The number of carbonyl (C=O) groups excluding carboxylic acids is 1. The molecule has 0 heterocycles. The van der Waals surface area contributed by atoms with Gasteiger partial charge in [0.15, 0.2) is 0 Å². The van der Waals surface area contributed by atoms with Crippen molar-refractivity contribution in [3.05, 3.63) is 61.7 Å². The maximum absolute atomic E-state index is 11.3. The predicted molar refractivity (Wildman–Crippen MR) is 83.7 cm³/mol. The fourth-order valence-corrected chi connectivity index (χ4v) is 2.10. The molecule has 0 aliphatic heterocycles. The molecule has 0 fully saturated rings. The van der Waals surface area contributed by atoms with Gasteiger partial charge in [0.2, 0.25) is 5.75 Å². The summed E-state index contributed by atoms with van der Waals surface area (Å²) >= 11 is 1.99. The molecule has 0 bridgehead atoms. The Hall–Kier alpha value is -2.16. The highest BCUT2D eigenvalue weighted by molar-refractivity contribution is 14.1. The van der Waals surface area contributed by atoms with Crippen molar-refractivity contribution in [2.24, 2.45) is 0 Å². The summed E-state index contributed by atoms with van der Waals surface area (Å²) in [5.74, 6) is 0.0833. The third-order valence-electron chi connectivity index (χ3n) is 2.62. The maximum Gasteiger partial charge on any atom is 0.337 e. The molecule has 0 radical (unpaired) electrons. The van der Waals surface area contributed by atoms with Gasteiger partial charge in [-0.3, -0.25) is 10.1 Å². The first-order valence-electron chi connectivity index (χ1n) is 5.81. The number of nitro benzene ring substituents is 1. The number of nitro groups is 1. The van der Waals surface area contributed by atoms with Crippen LogP contribution in [0.15, 0.2) is 42.5 Å². The Labute approximate surface area is 134 Å². The summed E-state index contributed by atoms with van der Waals surface area (Å²) in [5.41, 5.74) is 0.265. The van der Waals surface area contributed by atoms with E-state index in [4.69, 9.17) is 4.74 Å². The largest absolute Gasteiger partial charge is 0.465 e. The number of rotatable bonds is 4. The van der Waals surface area contributed by atoms with Gasteiger partial charge in [0.05, 0.1) is 17.6 Å². The summed E-state index contributed by atoms with van der Waals surface area (Å²) in [4.78, 5) is 21.8. The smallest absolute Gasteiger partial charge is 0.337 e. The Balaban J connectivity index is 2.26. The zero-order valence-corrected chi connectivity index (χ0v) is 13.1. The molecule has 0 aliphatic rings. The van der Waals surface area contributed by atoms with Crippen molar-refractivity contribution in [3.8, 4) is 11.5 Å². The van der Waals surface area contributed by atoms with Crippen LogP contribution >= 0.6 is 22.6 Å². The monoisotopic (exact) mass is 399 g/mol. The minimum absolute atomic E-state index is 0.112. The highest BCUT2D eigenvalue weighted by Gasteiger charge is 2.16. The quantitative estimate of drug-likeness (QED) is 0.339. The molecule has 0 atom stereocenters. The number of methoxy groups -OCH3 is 1. The summed E-state index contributed by atoms with van der Waals surface area (Å²) in [6.45, 7) is 0. The Kier molecular flexibility index (Phi) is 4.73. The maximum atomic E-state index is 11.3. The van der Waals surface area contributed by atoms with Crippen LogP contribution in [0.2, 0.25) is 0 Å².